The first-order valence-corrected chi connectivity index (χ1v) is 14.9. The Balaban J connectivity index is 0.000000588. The summed E-state index contributed by atoms with van der Waals surface area (Å²) >= 11 is 0. The Morgan fingerprint density at radius 3 is 0.891 bits per heavy atom. The van der Waals surface area contributed by atoms with Crippen LogP contribution in [0.5, 0.6) is 0 Å². The smallest absolute Gasteiger partial charge is 0.397 e. The summed E-state index contributed by atoms with van der Waals surface area (Å²) < 4.78 is 0. The van der Waals surface area contributed by atoms with Crippen molar-refractivity contribution in [1.82, 2.24) is 39.9 Å². The summed E-state index contributed by atoms with van der Waals surface area (Å²) in [7, 11) is 0. The van der Waals surface area contributed by atoms with E-state index in [2.05, 4.69) is 0 Å². The average Bonchev–Trinajstić information content (AvgIpc) is 3.82. The van der Waals surface area contributed by atoms with Crippen LogP contribution in [0, 0.1) is 0 Å². The third kappa shape index (κ3) is 5.22. The van der Waals surface area contributed by atoms with Crippen molar-refractivity contribution >= 4 is 44.1 Å². The van der Waals surface area contributed by atoms with Crippen LogP contribution in [0.25, 0.3) is 89.7 Å². The van der Waals surface area contributed by atoms with E-state index in [0.717, 1.165) is 43.8 Å². The molecule has 10 heteroatoms. The number of fused-ring (bicyclic) bond motifs is 20. The molecule has 3 aromatic heterocycles. The minimum Gasteiger partial charge on any atom is -0.397 e. The van der Waals surface area contributed by atoms with Gasteiger partial charge in [0.05, 0.1) is 23.3 Å². The summed E-state index contributed by atoms with van der Waals surface area (Å²) in [6.07, 6.45) is 0. The summed E-state index contributed by atoms with van der Waals surface area (Å²) in [4.78, 5) is 39.3. The van der Waals surface area contributed by atoms with Crippen LogP contribution in [-0.4, -0.2) is 41.6 Å². The van der Waals surface area contributed by atoms with Crippen molar-refractivity contribution in [3.63, 3.8) is 0 Å². The first-order valence-electron chi connectivity index (χ1n) is 14.9. The van der Waals surface area contributed by atoms with E-state index in [1.807, 2.05) is 111 Å². The Hall–Kier alpha value is -5.28. The zero-order valence-corrected chi connectivity index (χ0v) is 26.2. The van der Waals surface area contributed by atoms with Gasteiger partial charge in [0.2, 0.25) is 0 Å². The fourth-order valence-corrected chi connectivity index (χ4v) is 5.46. The Bertz CT molecular complexity index is 2060. The van der Waals surface area contributed by atoms with Crippen LogP contribution in [0.1, 0.15) is 20.8 Å². The normalized spacial score (nSPS) is 11.0. The number of rotatable bonds is 0. The summed E-state index contributed by atoms with van der Waals surface area (Å²) in [6, 6.07) is 31.8. The van der Waals surface area contributed by atoms with Gasteiger partial charge in [-0.3, -0.25) is 0 Å². The largest absolute Gasteiger partial charge is 2.00 e. The molecule has 0 atom stereocenters. The van der Waals surface area contributed by atoms with E-state index in [1.54, 1.807) is 6.92 Å². The Morgan fingerprint density at radius 2 is 0.652 bits per heavy atom. The van der Waals surface area contributed by atoms with Gasteiger partial charge in [-0.2, -0.15) is 0 Å². The van der Waals surface area contributed by atoms with Crippen LogP contribution in [-0.2, 0) is 17.1 Å². The first kappa shape index (κ1) is 30.7. The van der Waals surface area contributed by atoms with Crippen molar-refractivity contribution in [1.29, 1.82) is 0 Å². The van der Waals surface area contributed by atoms with Crippen molar-refractivity contribution in [2.24, 2.45) is 0 Å². The third-order valence-corrected chi connectivity index (χ3v) is 7.33. The van der Waals surface area contributed by atoms with Crippen LogP contribution >= 0.6 is 0 Å². The summed E-state index contributed by atoms with van der Waals surface area (Å²) in [5, 5.41) is 11.1. The molecule has 0 spiro atoms. The van der Waals surface area contributed by atoms with Crippen molar-refractivity contribution in [2.75, 3.05) is 6.61 Å². The number of benzene rings is 4. The molecule has 5 heterocycles. The Kier molecular flexibility index (Phi) is 8.68. The van der Waals surface area contributed by atoms with Gasteiger partial charge < -0.3 is 35.0 Å². The molecule has 2 aliphatic rings. The van der Waals surface area contributed by atoms with Crippen LogP contribution in [0.2, 0.25) is 0 Å². The molecule has 0 amide bonds. The third-order valence-electron chi connectivity index (χ3n) is 7.33. The zero-order chi connectivity index (χ0) is 30.9. The van der Waals surface area contributed by atoms with Crippen molar-refractivity contribution in [3.05, 3.63) is 97.1 Å². The number of aromatic nitrogens is 8. The van der Waals surface area contributed by atoms with Crippen LogP contribution in [0.3, 0.4) is 0 Å². The van der Waals surface area contributed by atoms with E-state index in [-0.39, 0.29) is 23.7 Å². The van der Waals surface area contributed by atoms with Crippen molar-refractivity contribution in [2.45, 2.75) is 20.8 Å². The molecule has 8 bridgehead atoms. The number of nitrogens with zero attached hydrogens (tertiary/aromatic N) is 8. The summed E-state index contributed by atoms with van der Waals surface area (Å²) in [6.45, 7) is 5.93. The Morgan fingerprint density at radius 1 is 0.435 bits per heavy atom. The Labute approximate surface area is 275 Å². The predicted octanol–water partition coefficient (Wildman–Crippen LogP) is 7.15. The minimum absolute atomic E-state index is 0. The van der Waals surface area contributed by atoms with E-state index in [9.17, 15) is 0 Å². The SMILES string of the molecule is CC.CCO.[Cu+2].c1ccc2c(c1)-c1nc-2nc2[n-]c(nc3nc(nc4[n-]c(n1)c1ccccc41)-c1ccccc1-3)c1ccccc21. The second kappa shape index (κ2) is 13.0. The molecule has 4 aromatic carbocycles. The fourth-order valence-electron chi connectivity index (χ4n) is 5.46. The van der Waals surface area contributed by atoms with Gasteiger partial charge in [-0.05, 0) is 28.5 Å². The first-order chi connectivity index (χ1) is 22.2. The zero-order valence-electron chi connectivity index (χ0n) is 25.3. The van der Waals surface area contributed by atoms with Gasteiger partial charge in [0.25, 0.3) is 0 Å². The fraction of sp³-hybridized carbons (Fsp3) is 0.111. The monoisotopic (exact) mass is 651 g/mol. The molecule has 0 saturated carbocycles. The molecule has 9 nitrogen and oxygen atoms in total. The van der Waals surface area contributed by atoms with Crippen molar-refractivity contribution < 1.29 is 22.2 Å². The number of aliphatic hydroxyl groups is 1. The number of hydrogen-bond acceptors (Lipinski definition) is 7. The quantitative estimate of drug-likeness (QED) is 0.170. The molecule has 2 aliphatic heterocycles. The van der Waals surface area contributed by atoms with Gasteiger partial charge in [-0.15, -0.1) is 0 Å². The van der Waals surface area contributed by atoms with E-state index >= 15 is 0 Å². The van der Waals surface area contributed by atoms with E-state index in [4.69, 9.17) is 45.0 Å². The second-order valence-electron chi connectivity index (χ2n) is 9.98. The molecule has 0 aliphatic carbocycles. The van der Waals surface area contributed by atoms with Gasteiger partial charge in [0.15, 0.2) is 0 Å². The van der Waals surface area contributed by atoms with Crippen LogP contribution in [0.15, 0.2) is 97.1 Å². The van der Waals surface area contributed by atoms with Crippen molar-refractivity contribution in [3.8, 4) is 45.6 Å². The van der Waals surface area contributed by atoms with E-state index in [1.165, 1.54) is 0 Å². The molecule has 9 rings (SSSR count). The molecule has 0 unspecified atom stereocenters. The van der Waals surface area contributed by atoms with Crippen LogP contribution in [0.4, 0.5) is 0 Å². The molecule has 7 aromatic rings. The van der Waals surface area contributed by atoms with Gasteiger partial charge in [0, 0.05) is 51.4 Å². The molecule has 0 fully saturated rings. The topological polar surface area (TPSA) is 126 Å². The number of hydrogen-bond donors (Lipinski definition) is 1. The molecule has 46 heavy (non-hydrogen) atoms. The predicted molar refractivity (Wildman–Crippen MR) is 178 cm³/mol. The average molecular weight is 652 g/mol. The second-order valence-corrected chi connectivity index (χ2v) is 9.98. The molecular formula is C36H28CuN8O. The molecule has 229 valence electrons. The van der Waals surface area contributed by atoms with Crippen LogP contribution < -0.4 is 9.97 Å². The molecule has 1 N–H and O–H groups in total. The summed E-state index contributed by atoms with van der Waals surface area (Å²) in [5.74, 6) is 2.21. The number of aliphatic hydroxyl groups excluding tert-OH is 1. The maximum Gasteiger partial charge on any atom is 2.00 e. The summed E-state index contributed by atoms with van der Waals surface area (Å²) in [5.41, 5.74) is 5.78. The van der Waals surface area contributed by atoms with Gasteiger partial charge in [-0.25, -0.2) is 9.97 Å². The molecular weight excluding hydrogens is 624 g/mol. The van der Waals surface area contributed by atoms with E-state index < -0.39 is 0 Å². The molecule has 0 saturated heterocycles. The maximum atomic E-state index is 7.57. The minimum atomic E-state index is 0. The standard InChI is InChI=1S/C32H16N8.C2H6O.C2H6.Cu/c1-2-10-18-17(9-1)25-33-26(18)38-28-21-13-5-6-14-22(21)30(35-28)40-32-24-16-8-7-15-23(24)31(36-32)39-29-20-12-4-3-11-19(20)27(34-29)37-25;1-2-3;1-2;/h1-16H;3H,2H2,1H3;1-2H3;/q-2;;;+2. The van der Waals surface area contributed by atoms with Gasteiger partial charge in [0.1, 0.15) is 0 Å². The molecule has 1 radical (unpaired) electrons. The maximum absolute atomic E-state index is 7.57. The van der Waals surface area contributed by atoms with Gasteiger partial charge >= 0.3 is 17.1 Å². The van der Waals surface area contributed by atoms with Gasteiger partial charge in [-0.1, -0.05) is 111 Å². The van der Waals surface area contributed by atoms with E-state index in [0.29, 0.717) is 45.9 Å².